The second-order valence-corrected chi connectivity index (χ2v) is 4.79. The van der Waals surface area contributed by atoms with Gasteiger partial charge in [-0.1, -0.05) is 50.5 Å². The monoisotopic (exact) mass is 295 g/mol. The van der Waals surface area contributed by atoms with Crippen LogP contribution in [0.15, 0.2) is 24.3 Å². The molecule has 0 bridgehead atoms. The van der Waals surface area contributed by atoms with Gasteiger partial charge in [-0.3, -0.25) is 4.79 Å². The molecule has 0 saturated carbocycles. The summed E-state index contributed by atoms with van der Waals surface area (Å²) in [6, 6.07) is 7.01. The van der Waals surface area contributed by atoms with Gasteiger partial charge in [0, 0.05) is 6.42 Å². The number of hydrogen-bond acceptors (Lipinski definition) is 5. The van der Waals surface area contributed by atoms with Gasteiger partial charge in [-0.15, -0.1) is 10.1 Å². The van der Waals surface area contributed by atoms with Crippen molar-refractivity contribution >= 4 is 5.97 Å². The van der Waals surface area contributed by atoms with E-state index in [0.717, 1.165) is 31.2 Å². The maximum atomic E-state index is 11.5. The molecule has 1 aromatic carbocycles. The van der Waals surface area contributed by atoms with Gasteiger partial charge in [0.25, 0.3) is 5.09 Å². The van der Waals surface area contributed by atoms with Crippen LogP contribution in [-0.4, -0.2) is 11.1 Å². The molecule has 0 N–H and O–H groups in total. The van der Waals surface area contributed by atoms with Gasteiger partial charge in [-0.05, 0) is 17.5 Å². The third kappa shape index (κ3) is 7.91. The Kier molecular flexibility index (Phi) is 7.86. The lowest BCUT2D eigenvalue weighted by Crippen LogP contribution is -2.05. The fourth-order valence-electron chi connectivity index (χ4n) is 1.87. The van der Waals surface area contributed by atoms with Crippen molar-refractivity contribution < 1.29 is 19.5 Å². The van der Waals surface area contributed by atoms with Crippen molar-refractivity contribution in [3.8, 4) is 0 Å². The molecule has 0 aliphatic carbocycles. The van der Waals surface area contributed by atoms with E-state index in [1.54, 1.807) is 24.3 Å². The first-order valence-corrected chi connectivity index (χ1v) is 7.12. The third-order valence-corrected chi connectivity index (χ3v) is 2.96. The van der Waals surface area contributed by atoms with Gasteiger partial charge in [0.05, 0.1) is 0 Å². The van der Waals surface area contributed by atoms with Crippen LogP contribution in [0.25, 0.3) is 0 Å². The lowest BCUT2D eigenvalue weighted by atomic mass is 10.1. The Morgan fingerprint density at radius 3 is 2.57 bits per heavy atom. The van der Waals surface area contributed by atoms with Crippen LogP contribution in [0.4, 0.5) is 0 Å². The molecule has 0 atom stereocenters. The molecule has 6 nitrogen and oxygen atoms in total. The topological polar surface area (TPSA) is 78.7 Å². The van der Waals surface area contributed by atoms with Crippen LogP contribution in [-0.2, 0) is 27.6 Å². The highest BCUT2D eigenvalue weighted by Crippen LogP contribution is 2.10. The van der Waals surface area contributed by atoms with E-state index in [2.05, 4.69) is 11.8 Å². The molecule has 21 heavy (non-hydrogen) atoms. The van der Waals surface area contributed by atoms with E-state index in [1.807, 2.05) is 0 Å². The zero-order valence-electron chi connectivity index (χ0n) is 12.2. The van der Waals surface area contributed by atoms with Gasteiger partial charge in [0.1, 0.15) is 13.2 Å². The van der Waals surface area contributed by atoms with Gasteiger partial charge in [0.2, 0.25) is 0 Å². The normalized spacial score (nSPS) is 10.1. The van der Waals surface area contributed by atoms with E-state index in [4.69, 9.17) is 4.74 Å². The summed E-state index contributed by atoms with van der Waals surface area (Å²) in [6.07, 6.45) is 4.59. The molecular weight excluding hydrogens is 274 g/mol. The number of carbonyl (C=O) groups excluding carboxylic acids is 1. The highest BCUT2D eigenvalue weighted by Gasteiger charge is 2.04. The average molecular weight is 295 g/mol. The quantitative estimate of drug-likeness (QED) is 0.286. The van der Waals surface area contributed by atoms with Crippen LogP contribution in [0, 0.1) is 10.1 Å². The van der Waals surface area contributed by atoms with Crippen molar-refractivity contribution in [2.24, 2.45) is 0 Å². The molecule has 0 aliphatic heterocycles. The number of hydrogen-bond donors (Lipinski definition) is 0. The summed E-state index contributed by atoms with van der Waals surface area (Å²) in [6.45, 7) is 2.19. The van der Waals surface area contributed by atoms with Crippen molar-refractivity contribution in [1.29, 1.82) is 0 Å². The molecule has 0 aromatic heterocycles. The van der Waals surface area contributed by atoms with Gasteiger partial charge in [-0.25, -0.2) is 0 Å². The Morgan fingerprint density at radius 2 is 1.90 bits per heavy atom. The van der Waals surface area contributed by atoms with Crippen LogP contribution in [0.2, 0.25) is 0 Å². The summed E-state index contributed by atoms with van der Waals surface area (Å²) in [5.74, 6) is -0.210. The Morgan fingerprint density at radius 1 is 1.19 bits per heavy atom. The summed E-state index contributed by atoms with van der Waals surface area (Å²) in [5, 5.41) is 9.30. The van der Waals surface area contributed by atoms with Crippen molar-refractivity contribution in [1.82, 2.24) is 0 Å². The lowest BCUT2D eigenvalue weighted by Gasteiger charge is -2.06. The molecule has 0 saturated heterocycles. The van der Waals surface area contributed by atoms with Gasteiger partial charge in [0.15, 0.2) is 0 Å². The molecule has 0 spiro atoms. The Bertz CT molecular complexity index is 461. The van der Waals surface area contributed by atoms with Crippen molar-refractivity contribution in [3.05, 3.63) is 45.5 Å². The molecule has 1 rings (SSSR count). The van der Waals surface area contributed by atoms with Crippen molar-refractivity contribution in [2.45, 2.75) is 52.2 Å². The number of rotatable bonds is 10. The minimum atomic E-state index is -0.830. The van der Waals surface area contributed by atoms with Crippen LogP contribution < -0.4 is 0 Å². The van der Waals surface area contributed by atoms with Crippen molar-refractivity contribution in [2.75, 3.05) is 0 Å². The SMILES string of the molecule is CCCCCCC(=O)OCc1cccc(CO[N+](=O)[O-])c1. The fraction of sp³-hybridized carbons (Fsp3) is 0.533. The molecule has 0 unspecified atom stereocenters. The van der Waals surface area contributed by atoms with Gasteiger partial charge >= 0.3 is 5.97 Å². The Hall–Kier alpha value is -2.11. The van der Waals surface area contributed by atoms with E-state index >= 15 is 0 Å². The van der Waals surface area contributed by atoms with Gasteiger partial charge < -0.3 is 9.57 Å². The van der Waals surface area contributed by atoms with E-state index in [-0.39, 0.29) is 19.2 Å². The first-order chi connectivity index (χ1) is 10.1. The number of esters is 1. The molecule has 0 heterocycles. The van der Waals surface area contributed by atoms with Crippen LogP contribution in [0.5, 0.6) is 0 Å². The number of ether oxygens (including phenoxy) is 1. The zero-order valence-corrected chi connectivity index (χ0v) is 12.2. The minimum absolute atomic E-state index is 0.105. The molecule has 0 aliphatic rings. The highest BCUT2D eigenvalue weighted by molar-refractivity contribution is 5.69. The first kappa shape index (κ1) is 16.9. The summed E-state index contributed by atoms with van der Waals surface area (Å²) in [5.41, 5.74) is 1.46. The number of unbranched alkanes of at least 4 members (excludes halogenated alkanes) is 3. The predicted octanol–water partition coefficient (Wildman–Crippen LogP) is 3.41. The minimum Gasteiger partial charge on any atom is -0.461 e. The maximum Gasteiger partial charge on any atom is 0.306 e. The Balaban J connectivity index is 2.32. The fourth-order valence-corrected chi connectivity index (χ4v) is 1.87. The lowest BCUT2D eigenvalue weighted by molar-refractivity contribution is -0.763. The molecular formula is C15H21NO5. The third-order valence-electron chi connectivity index (χ3n) is 2.96. The summed E-state index contributed by atoms with van der Waals surface area (Å²) in [4.78, 5) is 26.0. The Labute approximate surface area is 124 Å². The van der Waals surface area contributed by atoms with E-state index in [9.17, 15) is 14.9 Å². The summed E-state index contributed by atoms with van der Waals surface area (Å²) < 4.78 is 5.18. The van der Waals surface area contributed by atoms with Crippen molar-refractivity contribution in [3.63, 3.8) is 0 Å². The largest absolute Gasteiger partial charge is 0.461 e. The van der Waals surface area contributed by atoms with Crippen LogP contribution in [0.1, 0.15) is 50.2 Å². The standard InChI is InChI=1S/C15H21NO5/c1-2-3-4-5-9-15(17)20-11-13-7-6-8-14(10-13)12-21-16(18)19/h6-8,10H,2-5,9,11-12H2,1H3. The number of carbonyl (C=O) groups is 1. The summed E-state index contributed by atoms with van der Waals surface area (Å²) in [7, 11) is 0. The molecule has 1 aromatic rings. The molecule has 116 valence electrons. The number of nitrogens with zero attached hydrogens (tertiary/aromatic N) is 1. The molecule has 0 fully saturated rings. The highest BCUT2D eigenvalue weighted by atomic mass is 16.9. The smallest absolute Gasteiger partial charge is 0.306 e. The second kappa shape index (κ2) is 9.74. The average Bonchev–Trinajstić information content (AvgIpc) is 2.48. The first-order valence-electron chi connectivity index (χ1n) is 7.12. The van der Waals surface area contributed by atoms with Crippen LogP contribution in [0.3, 0.4) is 0 Å². The second-order valence-electron chi connectivity index (χ2n) is 4.79. The zero-order chi connectivity index (χ0) is 15.5. The molecule has 0 amide bonds. The molecule has 0 radical (unpaired) electrons. The van der Waals surface area contributed by atoms with E-state index in [1.165, 1.54) is 0 Å². The summed E-state index contributed by atoms with van der Waals surface area (Å²) >= 11 is 0. The maximum absolute atomic E-state index is 11.5. The molecule has 6 heteroatoms. The number of benzene rings is 1. The van der Waals surface area contributed by atoms with Crippen LogP contribution >= 0.6 is 0 Å². The van der Waals surface area contributed by atoms with E-state index in [0.29, 0.717) is 12.0 Å². The van der Waals surface area contributed by atoms with Gasteiger partial charge in [-0.2, -0.15) is 0 Å². The van der Waals surface area contributed by atoms with E-state index < -0.39 is 5.09 Å². The predicted molar refractivity (Wildman–Crippen MR) is 76.8 cm³/mol.